The summed E-state index contributed by atoms with van der Waals surface area (Å²) in [5, 5.41) is 3.08. The van der Waals surface area contributed by atoms with E-state index in [2.05, 4.69) is 20.2 Å². The van der Waals surface area contributed by atoms with Gasteiger partial charge < -0.3 is 15.0 Å². The Morgan fingerprint density at radius 2 is 2.08 bits per heavy atom. The molecule has 1 N–H and O–H groups in total. The summed E-state index contributed by atoms with van der Waals surface area (Å²) in [6, 6.07) is 0. The summed E-state index contributed by atoms with van der Waals surface area (Å²) in [5.41, 5.74) is -0.350. The molecule has 1 aromatic heterocycles. The molecule has 1 saturated heterocycles. The number of hydrogen-bond donors (Lipinski definition) is 1. The van der Waals surface area contributed by atoms with Crippen molar-refractivity contribution >= 4 is 11.7 Å². The number of carbonyl (C=O) groups is 1. The highest BCUT2D eigenvalue weighted by Crippen LogP contribution is 2.28. The van der Waals surface area contributed by atoms with Crippen molar-refractivity contribution in [3.05, 3.63) is 12.4 Å². The zero-order chi connectivity index (χ0) is 17.7. The molecule has 1 atom stereocenters. The molecular formula is C18H30N4O2. The number of nitrogens with zero attached hydrogens (tertiary/aromatic N) is 3. The van der Waals surface area contributed by atoms with E-state index in [-0.39, 0.29) is 17.4 Å². The highest BCUT2D eigenvalue weighted by Gasteiger charge is 2.26. The lowest BCUT2D eigenvalue weighted by Crippen LogP contribution is -2.43. The van der Waals surface area contributed by atoms with Gasteiger partial charge in [-0.05, 0) is 32.6 Å². The standard InChI is InChI=1S/C18H30N4O2/c1-13(2)24-16-15(19-8-9-20-16)22-10-6-7-14(12-22)11-21-17(23)18(3,4)5/h8-9,13-14H,6-7,10-12H2,1-5H3,(H,21,23)/t14-/m0/s1. The lowest BCUT2D eigenvalue weighted by Gasteiger charge is -2.34. The third-order valence-corrected chi connectivity index (χ3v) is 4.04. The van der Waals surface area contributed by atoms with E-state index in [9.17, 15) is 4.79 Å². The Kier molecular flexibility index (Phi) is 6.02. The lowest BCUT2D eigenvalue weighted by molar-refractivity contribution is -0.128. The second-order valence-corrected chi connectivity index (χ2v) is 7.77. The molecule has 24 heavy (non-hydrogen) atoms. The van der Waals surface area contributed by atoms with Gasteiger partial charge >= 0.3 is 0 Å². The monoisotopic (exact) mass is 334 g/mol. The summed E-state index contributed by atoms with van der Waals surface area (Å²) in [4.78, 5) is 23.1. The molecule has 134 valence electrons. The van der Waals surface area contributed by atoms with Gasteiger partial charge in [-0.2, -0.15) is 0 Å². The highest BCUT2D eigenvalue weighted by molar-refractivity contribution is 5.81. The van der Waals surface area contributed by atoms with Gasteiger partial charge in [-0.1, -0.05) is 20.8 Å². The smallest absolute Gasteiger partial charge is 0.257 e. The summed E-state index contributed by atoms with van der Waals surface area (Å²) < 4.78 is 5.79. The summed E-state index contributed by atoms with van der Waals surface area (Å²) >= 11 is 0. The predicted molar refractivity (Wildman–Crippen MR) is 95.2 cm³/mol. The fourth-order valence-electron chi connectivity index (χ4n) is 2.77. The molecular weight excluding hydrogens is 304 g/mol. The predicted octanol–water partition coefficient (Wildman–Crippen LogP) is 2.64. The van der Waals surface area contributed by atoms with Crippen molar-refractivity contribution in [3.8, 4) is 5.88 Å². The molecule has 2 heterocycles. The van der Waals surface area contributed by atoms with Gasteiger partial charge in [0.1, 0.15) is 0 Å². The van der Waals surface area contributed by atoms with Crippen LogP contribution in [0.15, 0.2) is 12.4 Å². The van der Waals surface area contributed by atoms with Gasteiger partial charge in [-0.3, -0.25) is 4.79 Å². The van der Waals surface area contributed by atoms with Crippen LogP contribution in [0.2, 0.25) is 0 Å². The van der Waals surface area contributed by atoms with E-state index in [0.717, 1.165) is 31.7 Å². The van der Waals surface area contributed by atoms with E-state index in [1.165, 1.54) is 0 Å². The van der Waals surface area contributed by atoms with Gasteiger partial charge in [-0.15, -0.1) is 0 Å². The van der Waals surface area contributed by atoms with Crippen molar-refractivity contribution in [3.63, 3.8) is 0 Å². The van der Waals surface area contributed by atoms with Gasteiger partial charge in [0.25, 0.3) is 5.88 Å². The van der Waals surface area contributed by atoms with Crippen molar-refractivity contribution in [1.82, 2.24) is 15.3 Å². The molecule has 0 aliphatic carbocycles. The van der Waals surface area contributed by atoms with Crippen molar-refractivity contribution in [1.29, 1.82) is 0 Å². The first-order valence-electron chi connectivity index (χ1n) is 8.78. The molecule has 0 aromatic carbocycles. The van der Waals surface area contributed by atoms with Crippen LogP contribution in [0.5, 0.6) is 5.88 Å². The first-order chi connectivity index (χ1) is 11.3. The van der Waals surface area contributed by atoms with E-state index in [1.54, 1.807) is 12.4 Å². The SMILES string of the molecule is CC(C)Oc1nccnc1N1CCC[C@@H](CNC(=O)C(C)(C)C)C1. The molecule has 0 spiro atoms. The number of rotatable bonds is 5. The minimum atomic E-state index is -0.350. The lowest BCUT2D eigenvalue weighted by atomic mass is 9.94. The van der Waals surface area contributed by atoms with Gasteiger partial charge in [0.05, 0.1) is 6.10 Å². The van der Waals surface area contributed by atoms with Gasteiger partial charge in [0.15, 0.2) is 5.82 Å². The van der Waals surface area contributed by atoms with E-state index in [4.69, 9.17) is 4.74 Å². The summed E-state index contributed by atoms with van der Waals surface area (Å²) in [5.74, 6) is 1.91. The van der Waals surface area contributed by atoms with Crippen LogP contribution in [-0.4, -0.2) is 41.6 Å². The summed E-state index contributed by atoms with van der Waals surface area (Å²) in [6.07, 6.45) is 5.61. The van der Waals surface area contributed by atoms with Crippen molar-refractivity contribution in [2.45, 2.75) is 53.6 Å². The Bertz CT molecular complexity index is 554. The molecule has 1 aliphatic rings. The Morgan fingerprint density at radius 3 is 2.75 bits per heavy atom. The van der Waals surface area contributed by atoms with Crippen LogP contribution in [0.4, 0.5) is 5.82 Å². The molecule has 0 unspecified atom stereocenters. The number of nitrogens with one attached hydrogen (secondary N) is 1. The van der Waals surface area contributed by atoms with Gasteiger partial charge in [0.2, 0.25) is 5.91 Å². The second-order valence-electron chi connectivity index (χ2n) is 7.77. The first kappa shape index (κ1) is 18.5. The molecule has 1 amide bonds. The molecule has 0 bridgehead atoms. The molecule has 6 nitrogen and oxygen atoms in total. The normalized spacial score (nSPS) is 18.6. The molecule has 0 saturated carbocycles. The fraction of sp³-hybridized carbons (Fsp3) is 0.722. The average molecular weight is 334 g/mol. The summed E-state index contributed by atoms with van der Waals surface area (Å²) in [7, 11) is 0. The minimum Gasteiger partial charge on any atom is -0.472 e. The molecule has 1 aliphatic heterocycles. The molecule has 2 rings (SSSR count). The number of carbonyl (C=O) groups excluding carboxylic acids is 1. The summed E-state index contributed by atoms with van der Waals surface area (Å²) in [6.45, 7) is 12.3. The Morgan fingerprint density at radius 1 is 1.38 bits per heavy atom. The van der Waals surface area contributed by atoms with E-state index in [0.29, 0.717) is 18.3 Å². The third-order valence-electron chi connectivity index (χ3n) is 4.04. The maximum absolute atomic E-state index is 12.1. The number of aromatic nitrogens is 2. The quantitative estimate of drug-likeness (QED) is 0.896. The van der Waals surface area contributed by atoms with Gasteiger partial charge in [0, 0.05) is 37.4 Å². The van der Waals surface area contributed by atoms with Crippen LogP contribution < -0.4 is 15.0 Å². The molecule has 1 fully saturated rings. The average Bonchev–Trinajstić information content (AvgIpc) is 2.52. The maximum Gasteiger partial charge on any atom is 0.257 e. The van der Waals surface area contributed by atoms with Crippen LogP contribution in [0, 0.1) is 11.3 Å². The van der Waals surface area contributed by atoms with Crippen LogP contribution in [0.25, 0.3) is 0 Å². The number of piperidine rings is 1. The van der Waals surface area contributed by atoms with Crippen LogP contribution in [0.3, 0.4) is 0 Å². The molecule has 1 aromatic rings. The van der Waals surface area contributed by atoms with Crippen LogP contribution >= 0.6 is 0 Å². The number of amides is 1. The van der Waals surface area contributed by atoms with Crippen molar-refractivity contribution in [2.24, 2.45) is 11.3 Å². The van der Waals surface area contributed by atoms with E-state index >= 15 is 0 Å². The van der Waals surface area contributed by atoms with Crippen LogP contribution in [0.1, 0.15) is 47.5 Å². The zero-order valence-corrected chi connectivity index (χ0v) is 15.5. The largest absolute Gasteiger partial charge is 0.472 e. The van der Waals surface area contributed by atoms with E-state index in [1.807, 2.05) is 34.6 Å². The number of ether oxygens (including phenoxy) is 1. The van der Waals surface area contributed by atoms with Crippen molar-refractivity contribution < 1.29 is 9.53 Å². The van der Waals surface area contributed by atoms with Gasteiger partial charge in [-0.25, -0.2) is 9.97 Å². The molecule has 0 radical (unpaired) electrons. The fourth-order valence-corrected chi connectivity index (χ4v) is 2.77. The van der Waals surface area contributed by atoms with Crippen LogP contribution in [-0.2, 0) is 4.79 Å². The zero-order valence-electron chi connectivity index (χ0n) is 15.5. The van der Waals surface area contributed by atoms with E-state index < -0.39 is 0 Å². The Labute approximate surface area is 145 Å². The minimum absolute atomic E-state index is 0.0621. The first-order valence-corrected chi connectivity index (χ1v) is 8.78. The Balaban J connectivity index is 2.00. The van der Waals surface area contributed by atoms with Crippen molar-refractivity contribution in [2.75, 3.05) is 24.5 Å². The number of anilines is 1. The highest BCUT2D eigenvalue weighted by atomic mass is 16.5. The Hall–Kier alpha value is -1.85. The topological polar surface area (TPSA) is 67.4 Å². The maximum atomic E-state index is 12.1. The number of hydrogen-bond acceptors (Lipinski definition) is 5. The molecule has 6 heteroatoms. The second kappa shape index (κ2) is 7.81. The third kappa shape index (κ3) is 5.08.